The fourth-order valence-electron chi connectivity index (χ4n) is 0.938. The molecular weight excluding hydrogens is 178 g/mol. The van der Waals surface area contributed by atoms with Crippen molar-refractivity contribution in [1.82, 2.24) is 5.32 Å². The molecule has 0 aliphatic heterocycles. The van der Waals surface area contributed by atoms with E-state index in [4.69, 9.17) is 16.7 Å². The molecule has 1 aliphatic rings. The van der Waals surface area contributed by atoms with Crippen LogP contribution in [0.3, 0.4) is 0 Å². The van der Waals surface area contributed by atoms with Gasteiger partial charge in [0.2, 0.25) is 0 Å². The van der Waals surface area contributed by atoms with Crippen LogP contribution in [-0.2, 0) is 4.79 Å². The zero-order valence-corrected chi connectivity index (χ0v) is 7.69. The van der Waals surface area contributed by atoms with Crippen molar-refractivity contribution in [3.8, 4) is 0 Å². The Morgan fingerprint density at radius 3 is 2.67 bits per heavy atom. The van der Waals surface area contributed by atoms with Crippen molar-refractivity contribution < 1.29 is 9.90 Å². The monoisotopic (exact) mass is 189 g/mol. The molecular formula is C8H12ClNO2. The van der Waals surface area contributed by atoms with E-state index in [-0.39, 0.29) is 0 Å². The van der Waals surface area contributed by atoms with Gasteiger partial charge in [-0.05, 0) is 25.3 Å². The van der Waals surface area contributed by atoms with Crippen molar-refractivity contribution in [2.24, 2.45) is 0 Å². The van der Waals surface area contributed by atoms with E-state index in [1.807, 2.05) is 6.92 Å². The minimum Gasteiger partial charge on any atom is -0.480 e. The maximum Gasteiger partial charge on any atom is 0.323 e. The van der Waals surface area contributed by atoms with Crippen LogP contribution in [0.5, 0.6) is 0 Å². The van der Waals surface area contributed by atoms with Gasteiger partial charge in [0.15, 0.2) is 0 Å². The highest BCUT2D eigenvalue weighted by Crippen LogP contribution is 2.35. The zero-order chi connectivity index (χ0) is 9.19. The highest BCUT2D eigenvalue weighted by molar-refractivity contribution is 6.25. The SMILES string of the molecule is CC(=CCl)CNC1(C(=O)O)CC1. The lowest BCUT2D eigenvalue weighted by atomic mass is 10.2. The predicted molar refractivity (Wildman–Crippen MR) is 47.2 cm³/mol. The first kappa shape index (κ1) is 9.55. The molecule has 1 saturated carbocycles. The summed E-state index contributed by atoms with van der Waals surface area (Å²) in [7, 11) is 0. The van der Waals surface area contributed by atoms with Gasteiger partial charge >= 0.3 is 5.97 Å². The molecule has 0 aromatic rings. The third-order valence-electron chi connectivity index (χ3n) is 2.05. The molecule has 2 N–H and O–H groups in total. The smallest absolute Gasteiger partial charge is 0.323 e. The van der Waals surface area contributed by atoms with Crippen LogP contribution in [0.25, 0.3) is 0 Å². The molecule has 68 valence electrons. The van der Waals surface area contributed by atoms with Crippen LogP contribution in [0.4, 0.5) is 0 Å². The van der Waals surface area contributed by atoms with Gasteiger partial charge in [0.05, 0.1) is 0 Å². The Morgan fingerprint density at radius 2 is 2.33 bits per heavy atom. The lowest BCUT2D eigenvalue weighted by Gasteiger charge is -2.11. The van der Waals surface area contributed by atoms with Gasteiger partial charge in [-0.2, -0.15) is 0 Å². The van der Waals surface area contributed by atoms with Crippen molar-refractivity contribution in [3.63, 3.8) is 0 Å². The average molecular weight is 190 g/mol. The number of aliphatic carboxylic acids is 1. The van der Waals surface area contributed by atoms with Gasteiger partial charge in [0.25, 0.3) is 0 Å². The van der Waals surface area contributed by atoms with Gasteiger partial charge in [-0.25, -0.2) is 0 Å². The Balaban J connectivity index is 2.37. The number of carbonyl (C=O) groups is 1. The number of hydrogen-bond donors (Lipinski definition) is 2. The summed E-state index contributed by atoms with van der Waals surface area (Å²) in [5, 5.41) is 11.7. The van der Waals surface area contributed by atoms with Crippen LogP contribution >= 0.6 is 11.6 Å². The van der Waals surface area contributed by atoms with Crippen LogP contribution < -0.4 is 5.32 Å². The van der Waals surface area contributed by atoms with Crippen molar-refractivity contribution in [2.45, 2.75) is 25.3 Å². The second-order valence-electron chi connectivity index (χ2n) is 3.20. The summed E-state index contributed by atoms with van der Waals surface area (Å²) in [6.07, 6.45) is 1.44. The quantitative estimate of drug-likeness (QED) is 0.702. The number of hydrogen-bond acceptors (Lipinski definition) is 2. The van der Waals surface area contributed by atoms with Crippen molar-refractivity contribution in [1.29, 1.82) is 0 Å². The van der Waals surface area contributed by atoms with Gasteiger partial charge in [-0.3, -0.25) is 10.1 Å². The lowest BCUT2D eigenvalue weighted by Crippen LogP contribution is -2.39. The Kier molecular flexibility index (Phi) is 2.75. The van der Waals surface area contributed by atoms with E-state index < -0.39 is 11.5 Å². The average Bonchev–Trinajstić information content (AvgIpc) is 2.81. The van der Waals surface area contributed by atoms with E-state index in [9.17, 15) is 4.79 Å². The van der Waals surface area contributed by atoms with E-state index in [0.717, 1.165) is 18.4 Å². The molecule has 1 rings (SSSR count). The molecule has 3 nitrogen and oxygen atoms in total. The molecule has 0 heterocycles. The molecule has 0 amide bonds. The summed E-state index contributed by atoms with van der Waals surface area (Å²) in [4.78, 5) is 10.7. The lowest BCUT2D eigenvalue weighted by molar-refractivity contribution is -0.140. The molecule has 0 aromatic heterocycles. The second kappa shape index (κ2) is 3.46. The number of nitrogens with one attached hydrogen (secondary N) is 1. The molecule has 12 heavy (non-hydrogen) atoms. The predicted octanol–water partition coefficient (Wildman–Crippen LogP) is 1.34. The fourth-order valence-corrected chi connectivity index (χ4v) is 1.02. The van der Waals surface area contributed by atoms with Crippen molar-refractivity contribution in [2.75, 3.05) is 6.54 Å². The zero-order valence-electron chi connectivity index (χ0n) is 6.93. The Labute approximate surface area is 76.4 Å². The summed E-state index contributed by atoms with van der Waals surface area (Å²) < 4.78 is 0. The maximum atomic E-state index is 10.7. The highest BCUT2D eigenvalue weighted by atomic mass is 35.5. The Hall–Kier alpha value is -0.540. The van der Waals surface area contributed by atoms with E-state index in [1.165, 1.54) is 5.54 Å². The third kappa shape index (κ3) is 1.99. The standard InChI is InChI=1S/C8H12ClNO2/c1-6(4-9)5-10-8(2-3-8)7(11)12/h4,10H,2-3,5H2,1H3,(H,11,12). The van der Waals surface area contributed by atoms with Crippen LogP contribution in [-0.4, -0.2) is 23.2 Å². The molecule has 0 spiro atoms. The summed E-state index contributed by atoms with van der Waals surface area (Å²) in [5.74, 6) is -0.759. The molecule has 0 unspecified atom stereocenters. The molecule has 0 bridgehead atoms. The van der Waals surface area contributed by atoms with Crippen LogP contribution in [0.15, 0.2) is 11.1 Å². The molecule has 1 aliphatic carbocycles. The second-order valence-corrected chi connectivity index (χ2v) is 3.41. The number of rotatable bonds is 4. The van der Waals surface area contributed by atoms with Crippen LogP contribution in [0.2, 0.25) is 0 Å². The number of halogens is 1. The van der Waals surface area contributed by atoms with Crippen molar-refractivity contribution in [3.05, 3.63) is 11.1 Å². The largest absolute Gasteiger partial charge is 0.480 e. The summed E-state index contributed by atoms with van der Waals surface area (Å²) in [5.41, 5.74) is 1.76. The first-order valence-corrected chi connectivity index (χ1v) is 4.29. The molecule has 0 atom stereocenters. The van der Waals surface area contributed by atoms with Gasteiger partial charge in [-0.15, -0.1) is 0 Å². The van der Waals surface area contributed by atoms with E-state index in [0.29, 0.717) is 6.54 Å². The number of carboxylic acids is 1. The van der Waals surface area contributed by atoms with Crippen LogP contribution in [0, 0.1) is 0 Å². The minimum absolute atomic E-state index is 0.551. The summed E-state index contributed by atoms with van der Waals surface area (Å²) in [6.45, 7) is 2.41. The fraction of sp³-hybridized carbons (Fsp3) is 0.625. The topological polar surface area (TPSA) is 49.3 Å². The first-order valence-electron chi connectivity index (χ1n) is 3.85. The molecule has 0 aromatic carbocycles. The van der Waals surface area contributed by atoms with E-state index in [2.05, 4.69) is 5.32 Å². The molecule has 4 heteroatoms. The van der Waals surface area contributed by atoms with E-state index in [1.54, 1.807) is 0 Å². The highest BCUT2D eigenvalue weighted by Gasteiger charge is 2.49. The molecule has 0 radical (unpaired) electrons. The minimum atomic E-state index is -0.759. The summed E-state index contributed by atoms with van der Waals surface area (Å²) in [6, 6.07) is 0. The Bertz CT molecular complexity index is 221. The molecule has 0 saturated heterocycles. The summed E-state index contributed by atoms with van der Waals surface area (Å²) >= 11 is 5.43. The Morgan fingerprint density at radius 1 is 1.75 bits per heavy atom. The first-order chi connectivity index (χ1) is 5.60. The van der Waals surface area contributed by atoms with E-state index >= 15 is 0 Å². The van der Waals surface area contributed by atoms with Gasteiger partial charge in [0, 0.05) is 12.1 Å². The van der Waals surface area contributed by atoms with Gasteiger partial charge < -0.3 is 5.11 Å². The maximum absolute atomic E-state index is 10.7. The molecule has 1 fully saturated rings. The van der Waals surface area contributed by atoms with Crippen molar-refractivity contribution >= 4 is 17.6 Å². The van der Waals surface area contributed by atoms with Crippen LogP contribution in [0.1, 0.15) is 19.8 Å². The normalized spacial score (nSPS) is 20.7. The van der Waals surface area contributed by atoms with Gasteiger partial charge in [0.1, 0.15) is 5.54 Å². The van der Waals surface area contributed by atoms with Gasteiger partial charge in [-0.1, -0.05) is 11.6 Å². The third-order valence-corrected chi connectivity index (χ3v) is 2.42. The number of carboxylic acid groups (broad SMARTS) is 1.